The Balaban J connectivity index is 2.32. The van der Waals surface area contributed by atoms with Gasteiger partial charge in [0.05, 0.1) is 22.4 Å². The van der Waals surface area contributed by atoms with E-state index in [-0.39, 0.29) is 6.04 Å². The second-order valence-corrected chi connectivity index (χ2v) is 5.79. The lowest BCUT2D eigenvalue weighted by molar-refractivity contribution is 0.488. The summed E-state index contributed by atoms with van der Waals surface area (Å²) in [6.45, 7) is 8.27. The third-order valence-corrected chi connectivity index (χ3v) is 4.21. The van der Waals surface area contributed by atoms with E-state index in [4.69, 9.17) is 0 Å². The third kappa shape index (κ3) is 3.30. The lowest BCUT2D eigenvalue weighted by atomic mass is 9.99. The number of aryl methyl sites for hydroxylation is 2. The van der Waals surface area contributed by atoms with Crippen LogP contribution in [0.2, 0.25) is 0 Å². The normalized spacial score (nSPS) is 12.6. The second kappa shape index (κ2) is 7.04. The van der Waals surface area contributed by atoms with E-state index < -0.39 is 0 Å². The first kappa shape index (κ1) is 15.3. The van der Waals surface area contributed by atoms with Crippen LogP contribution in [0.15, 0.2) is 34.9 Å². The number of hydrogen-bond donors (Lipinski definition) is 1. The zero-order chi connectivity index (χ0) is 14.5. The van der Waals surface area contributed by atoms with Gasteiger partial charge in [0, 0.05) is 6.54 Å². The zero-order valence-electron chi connectivity index (χ0n) is 12.4. The summed E-state index contributed by atoms with van der Waals surface area (Å²) in [5.74, 6) is 0. The monoisotopic (exact) mass is 335 g/mol. The van der Waals surface area contributed by atoms with Gasteiger partial charge < -0.3 is 5.32 Å². The molecule has 0 aliphatic rings. The van der Waals surface area contributed by atoms with E-state index in [2.05, 4.69) is 76.1 Å². The smallest absolute Gasteiger partial charge is 0.0698 e. The first-order valence-electron chi connectivity index (χ1n) is 7.16. The Kier molecular flexibility index (Phi) is 5.38. The predicted octanol–water partition coefficient (Wildman–Crippen LogP) is 3.87. The van der Waals surface area contributed by atoms with Gasteiger partial charge >= 0.3 is 0 Å². The molecule has 0 radical (unpaired) electrons. The fourth-order valence-corrected chi connectivity index (χ4v) is 3.11. The molecule has 1 N–H and O–H groups in total. The van der Waals surface area contributed by atoms with Crippen LogP contribution in [0.3, 0.4) is 0 Å². The highest BCUT2D eigenvalue weighted by Crippen LogP contribution is 2.27. The van der Waals surface area contributed by atoms with Gasteiger partial charge in [-0.3, -0.25) is 4.68 Å². The van der Waals surface area contributed by atoms with E-state index in [0.29, 0.717) is 0 Å². The van der Waals surface area contributed by atoms with E-state index in [1.807, 2.05) is 6.20 Å². The van der Waals surface area contributed by atoms with Crippen LogP contribution in [-0.2, 0) is 13.0 Å². The predicted molar refractivity (Wildman–Crippen MR) is 86.9 cm³/mol. The summed E-state index contributed by atoms with van der Waals surface area (Å²) in [6.07, 6.45) is 2.87. The van der Waals surface area contributed by atoms with Crippen LogP contribution in [0.1, 0.15) is 36.7 Å². The molecule has 0 saturated carbocycles. The Labute approximate surface area is 129 Å². The van der Waals surface area contributed by atoms with Crippen LogP contribution in [0.25, 0.3) is 0 Å². The summed E-state index contributed by atoms with van der Waals surface area (Å²) >= 11 is 3.64. The first-order valence-corrected chi connectivity index (χ1v) is 7.95. The fourth-order valence-electron chi connectivity index (χ4n) is 2.54. The highest BCUT2D eigenvalue weighted by molar-refractivity contribution is 9.10. The summed E-state index contributed by atoms with van der Waals surface area (Å²) in [5, 5.41) is 8.02. The van der Waals surface area contributed by atoms with Crippen LogP contribution >= 0.6 is 15.9 Å². The summed E-state index contributed by atoms with van der Waals surface area (Å²) in [4.78, 5) is 0. The maximum atomic E-state index is 4.43. The van der Waals surface area contributed by atoms with Crippen molar-refractivity contribution in [3.8, 4) is 0 Å². The molecule has 1 atom stereocenters. The van der Waals surface area contributed by atoms with Crippen molar-refractivity contribution in [3.05, 3.63) is 51.8 Å². The van der Waals surface area contributed by atoms with E-state index in [1.54, 1.807) is 0 Å². The number of hydrogen-bond acceptors (Lipinski definition) is 2. The van der Waals surface area contributed by atoms with Crippen molar-refractivity contribution < 1.29 is 0 Å². The molecule has 1 heterocycles. The van der Waals surface area contributed by atoms with Crippen molar-refractivity contribution >= 4 is 15.9 Å². The van der Waals surface area contributed by atoms with Gasteiger partial charge in [-0.1, -0.05) is 31.2 Å². The average Bonchev–Trinajstić information content (AvgIpc) is 2.81. The molecule has 2 aromatic rings. The molecule has 2 rings (SSSR count). The minimum atomic E-state index is 0.276. The molecule has 0 fully saturated rings. The lowest BCUT2D eigenvalue weighted by Gasteiger charge is -2.21. The van der Waals surface area contributed by atoms with E-state index in [9.17, 15) is 0 Å². The number of halogens is 1. The molecule has 20 heavy (non-hydrogen) atoms. The lowest BCUT2D eigenvalue weighted by Crippen LogP contribution is -2.26. The van der Waals surface area contributed by atoms with E-state index >= 15 is 0 Å². The number of likely N-dealkylation sites (N-methyl/N-ethyl adjacent to an activating group) is 1. The molecule has 0 bridgehead atoms. The second-order valence-electron chi connectivity index (χ2n) is 4.93. The molecule has 108 valence electrons. The van der Waals surface area contributed by atoms with Gasteiger partial charge in [0.2, 0.25) is 0 Å². The number of benzene rings is 1. The molecule has 1 aromatic carbocycles. The largest absolute Gasteiger partial charge is 0.309 e. The van der Waals surface area contributed by atoms with Gasteiger partial charge in [0.25, 0.3) is 0 Å². The summed E-state index contributed by atoms with van der Waals surface area (Å²) in [7, 11) is 0. The molecule has 0 aliphatic heterocycles. The highest BCUT2D eigenvalue weighted by Gasteiger charge is 2.19. The average molecular weight is 336 g/mol. The van der Waals surface area contributed by atoms with Crippen LogP contribution < -0.4 is 5.32 Å². The fraction of sp³-hybridized carbons (Fsp3) is 0.438. The maximum absolute atomic E-state index is 4.43. The van der Waals surface area contributed by atoms with Crippen molar-refractivity contribution in [2.24, 2.45) is 0 Å². The molecule has 0 aliphatic carbocycles. The molecule has 3 nitrogen and oxygen atoms in total. The minimum absolute atomic E-state index is 0.276. The Morgan fingerprint density at radius 1 is 1.30 bits per heavy atom. The minimum Gasteiger partial charge on any atom is -0.309 e. The van der Waals surface area contributed by atoms with Crippen LogP contribution in [-0.4, -0.2) is 16.3 Å². The van der Waals surface area contributed by atoms with Crippen molar-refractivity contribution in [1.82, 2.24) is 15.1 Å². The van der Waals surface area contributed by atoms with Gasteiger partial charge in [0.15, 0.2) is 0 Å². The topological polar surface area (TPSA) is 29.9 Å². The number of rotatable bonds is 6. The van der Waals surface area contributed by atoms with E-state index in [0.717, 1.165) is 24.0 Å². The van der Waals surface area contributed by atoms with Gasteiger partial charge in [-0.15, -0.1) is 0 Å². The third-order valence-electron chi connectivity index (χ3n) is 3.60. The van der Waals surface area contributed by atoms with Crippen molar-refractivity contribution in [1.29, 1.82) is 0 Å². The Morgan fingerprint density at radius 3 is 2.70 bits per heavy atom. The van der Waals surface area contributed by atoms with Crippen LogP contribution in [0.5, 0.6) is 0 Å². The molecule has 0 amide bonds. The van der Waals surface area contributed by atoms with Crippen LogP contribution in [0, 0.1) is 6.92 Å². The van der Waals surface area contributed by atoms with E-state index in [1.165, 1.54) is 16.8 Å². The van der Waals surface area contributed by atoms with Crippen molar-refractivity contribution in [2.45, 2.75) is 39.8 Å². The SMILES string of the molecule is CCNC(Cc1ccccc1C)c1c(Br)cnn1CC. The molecule has 4 heteroatoms. The first-order chi connectivity index (χ1) is 9.67. The number of aromatic nitrogens is 2. The zero-order valence-corrected chi connectivity index (χ0v) is 13.9. The molecule has 0 saturated heterocycles. The molecule has 1 aromatic heterocycles. The number of nitrogens with one attached hydrogen (secondary N) is 1. The summed E-state index contributed by atoms with van der Waals surface area (Å²) in [5.41, 5.74) is 3.96. The Morgan fingerprint density at radius 2 is 2.05 bits per heavy atom. The standard InChI is InChI=1S/C16H22BrN3/c1-4-18-15(10-13-9-7-6-8-12(13)3)16-14(17)11-19-20(16)5-2/h6-9,11,15,18H,4-5,10H2,1-3H3. The Bertz CT molecular complexity index is 563. The van der Waals surface area contributed by atoms with Gasteiger partial charge in [-0.2, -0.15) is 5.10 Å². The molecule has 1 unspecified atom stereocenters. The molecular formula is C16H22BrN3. The van der Waals surface area contributed by atoms with Crippen molar-refractivity contribution in [2.75, 3.05) is 6.54 Å². The Hall–Kier alpha value is -1.13. The van der Waals surface area contributed by atoms with Gasteiger partial charge in [-0.05, 0) is 53.9 Å². The highest BCUT2D eigenvalue weighted by atomic mass is 79.9. The summed E-state index contributed by atoms with van der Waals surface area (Å²) < 4.78 is 3.15. The molecule has 0 spiro atoms. The van der Waals surface area contributed by atoms with Crippen LogP contribution in [0.4, 0.5) is 0 Å². The van der Waals surface area contributed by atoms with Gasteiger partial charge in [-0.25, -0.2) is 0 Å². The number of nitrogens with zero attached hydrogens (tertiary/aromatic N) is 2. The van der Waals surface area contributed by atoms with Crippen molar-refractivity contribution in [3.63, 3.8) is 0 Å². The van der Waals surface area contributed by atoms with Gasteiger partial charge in [0.1, 0.15) is 0 Å². The summed E-state index contributed by atoms with van der Waals surface area (Å²) in [6, 6.07) is 8.85. The molecular weight excluding hydrogens is 314 g/mol. The quantitative estimate of drug-likeness (QED) is 0.868. The maximum Gasteiger partial charge on any atom is 0.0698 e.